The van der Waals surface area contributed by atoms with Crippen LogP contribution in [0.3, 0.4) is 0 Å². The van der Waals surface area contributed by atoms with Crippen LogP contribution in [0.4, 0.5) is 0 Å². The SMILES string of the molecule is Cc1cccc2nc(C(C)Cl)n(CC3CC3(C)C)c12. The second-order valence-electron chi connectivity index (χ2n) is 6.53. The van der Waals surface area contributed by atoms with E-state index in [-0.39, 0.29) is 5.38 Å². The number of aromatic nitrogens is 2. The standard InChI is InChI=1S/C16H21ClN2/c1-10-6-5-7-13-14(10)19(15(18-13)11(2)17)9-12-8-16(12,3)4/h5-7,11-12H,8-9H2,1-4H3. The predicted molar refractivity (Wildman–Crippen MR) is 80.6 cm³/mol. The van der Waals surface area contributed by atoms with E-state index in [1.54, 1.807) is 0 Å². The van der Waals surface area contributed by atoms with Crippen LogP contribution in [0.1, 0.15) is 44.0 Å². The van der Waals surface area contributed by atoms with Crippen LogP contribution in [0.2, 0.25) is 0 Å². The van der Waals surface area contributed by atoms with Gasteiger partial charge in [-0.15, -0.1) is 11.6 Å². The molecule has 102 valence electrons. The fraction of sp³-hybridized carbons (Fsp3) is 0.562. The number of nitrogens with zero attached hydrogens (tertiary/aromatic N) is 2. The molecule has 0 aliphatic heterocycles. The van der Waals surface area contributed by atoms with Gasteiger partial charge >= 0.3 is 0 Å². The maximum absolute atomic E-state index is 6.32. The number of aryl methyl sites for hydroxylation is 1. The van der Waals surface area contributed by atoms with E-state index < -0.39 is 0 Å². The molecule has 0 spiro atoms. The number of hydrogen-bond donors (Lipinski definition) is 0. The lowest BCUT2D eigenvalue weighted by atomic mass is 10.1. The van der Waals surface area contributed by atoms with Gasteiger partial charge in [0.15, 0.2) is 0 Å². The molecule has 1 saturated carbocycles. The number of benzene rings is 1. The van der Waals surface area contributed by atoms with E-state index in [9.17, 15) is 0 Å². The number of para-hydroxylation sites is 1. The van der Waals surface area contributed by atoms with Crippen LogP contribution < -0.4 is 0 Å². The first kappa shape index (κ1) is 13.0. The summed E-state index contributed by atoms with van der Waals surface area (Å²) in [6.45, 7) is 9.88. The summed E-state index contributed by atoms with van der Waals surface area (Å²) in [5.74, 6) is 1.76. The molecular weight excluding hydrogens is 256 g/mol. The fourth-order valence-corrected chi connectivity index (χ4v) is 3.15. The van der Waals surface area contributed by atoms with Gasteiger partial charge in [0.1, 0.15) is 5.82 Å². The van der Waals surface area contributed by atoms with Gasteiger partial charge in [0.2, 0.25) is 0 Å². The summed E-state index contributed by atoms with van der Waals surface area (Å²) in [7, 11) is 0. The van der Waals surface area contributed by atoms with E-state index in [4.69, 9.17) is 16.6 Å². The fourth-order valence-electron chi connectivity index (χ4n) is 2.98. The lowest BCUT2D eigenvalue weighted by Crippen LogP contribution is -2.09. The lowest BCUT2D eigenvalue weighted by molar-refractivity contribution is 0.495. The highest BCUT2D eigenvalue weighted by Crippen LogP contribution is 2.53. The Morgan fingerprint density at radius 2 is 2.16 bits per heavy atom. The molecule has 3 heteroatoms. The molecule has 0 N–H and O–H groups in total. The van der Waals surface area contributed by atoms with E-state index in [2.05, 4.69) is 43.5 Å². The van der Waals surface area contributed by atoms with Crippen LogP contribution in [0, 0.1) is 18.3 Å². The highest BCUT2D eigenvalue weighted by molar-refractivity contribution is 6.20. The third-order valence-electron chi connectivity index (χ3n) is 4.47. The molecule has 0 bridgehead atoms. The molecule has 1 fully saturated rings. The van der Waals surface area contributed by atoms with E-state index in [1.165, 1.54) is 17.5 Å². The molecule has 19 heavy (non-hydrogen) atoms. The van der Waals surface area contributed by atoms with Crippen LogP contribution >= 0.6 is 11.6 Å². The zero-order valence-electron chi connectivity index (χ0n) is 12.1. The Morgan fingerprint density at radius 3 is 2.74 bits per heavy atom. The van der Waals surface area contributed by atoms with Crippen molar-refractivity contribution >= 4 is 22.6 Å². The summed E-state index contributed by atoms with van der Waals surface area (Å²) in [5, 5.41) is -0.0475. The Morgan fingerprint density at radius 1 is 1.47 bits per heavy atom. The van der Waals surface area contributed by atoms with E-state index in [0.717, 1.165) is 23.8 Å². The van der Waals surface area contributed by atoms with Crippen molar-refractivity contribution in [1.82, 2.24) is 9.55 Å². The molecule has 1 aliphatic carbocycles. The normalized spacial score (nSPS) is 22.7. The van der Waals surface area contributed by atoms with Gasteiger partial charge in [-0.1, -0.05) is 26.0 Å². The van der Waals surface area contributed by atoms with Crippen LogP contribution in [-0.4, -0.2) is 9.55 Å². The number of fused-ring (bicyclic) bond motifs is 1. The average molecular weight is 277 g/mol. The zero-order chi connectivity index (χ0) is 13.8. The molecule has 1 aliphatic rings. The third-order valence-corrected chi connectivity index (χ3v) is 4.67. The molecular formula is C16H21ClN2. The number of alkyl halides is 1. The van der Waals surface area contributed by atoms with Crippen LogP contribution in [-0.2, 0) is 6.54 Å². The molecule has 0 amide bonds. The highest BCUT2D eigenvalue weighted by atomic mass is 35.5. The molecule has 3 rings (SSSR count). The Hall–Kier alpha value is -1.02. The van der Waals surface area contributed by atoms with Gasteiger partial charge in [-0.3, -0.25) is 0 Å². The second kappa shape index (κ2) is 4.24. The molecule has 2 atom stereocenters. The summed E-state index contributed by atoms with van der Waals surface area (Å²) in [6, 6.07) is 6.31. The molecule has 0 radical (unpaired) electrons. The Balaban J connectivity index is 2.11. The van der Waals surface area contributed by atoms with Gasteiger partial charge < -0.3 is 4.57 Å². The first-order valence-electron chi connectivity index (χ1n) is 7.00. The zero-order valence-corrected chi connectivity index (χ0v) is 12.8. The minimum atomic E-state index is -0.0475. The van der Waals surface area contributed by atoms with Gasteiger partial charge in [-0.25, -0.2) is 4.98 Å². The Kier molecular flexibility index (Phi) is 2.90. The summed E-state index contributed by atoms with van der Waals surface area (Å²) in [5.41, 5.74) is 4.09. The Labute approximate surface area is 119 Å². The predicted octanol–water partition coefficient (Wildman–Crippen LogP) is 4.69. The second-order valence-corrected chi connectivity index (χ2v) is 7.18. The molecule has 1 aromatic heterocycles. The highest BCUT2D eigenvalue weighted by Gasteiger charge is 2.45. The van der Waals surface area contributed by atoms with Crippen molar-refractivity contribution in [3.8, 4) is 0 Å². The monoisotopic (exact) mass is 276 g/mol. The van der Waals surface area contributed by atoms with Crippen molar-refractivity contribution in [1.29, 1.82) is 0 Å². The van der Waals surface area contributed by atoms with Gasteiger partial charge in [-0.2, -0.15) is 0 Å². The summed E-state index contributed by atoms with van der Waals surface area (Å²) in [4.78, 5) is 4.73. The van der Waals surface area contributed by atoms with Gasteiger partial charge in [-0.05, 0) is 43.2 Å². The summed E-state index contributed by atoms with van der Waals surface area (Å²) >= 11 is 6.32. The average Bonchev–Trinajstić information content (AvgIpc) is 2.76. The number of imidazole rings is 1. The minimum absolute atomic E-state index is 0.0475. The maximum Gasteiger partial charge on any atom is 0.127 e. The van der Waals surface area contributed by atoms with Gasteiger partial charge in [0, 0.05) is 6.54 Å². The van der Waals surface area contributed by atoms with Crippen molar-refractivity contribution < 1.29 is 0 Å². The minimum Gasteiger partial charge on any atom is -0.326 e. The molecule has 2 aromatic rings. The van der Waals surface area contributed by atoms with E-state index >= 15 is 0 Å². The first-order chi connectivity index (χ1) is 8.90. The van der Waals surface area contributed by atoms with Crippen molar-refractivity contribution in [2.75, 3.05) is 0 Å². The van der Waals surface area contributed by atoms with Gasteiger partial charge in [0.05, 0.1) is 16.4 Å². The quantitative estimate of drug-likeness (QED) is 0.744. The molecule has 1 heterocycles. The Bertz CT molecular complexity index is 625. The number of rotatable bonds is 3. The van der Waals surface area contributed by atoms with Crippen molar-refractivity contribution in [2.45, 2.75) is 46.0 Å². The van der Waals surface area contributed by atoms with Crippen LogP contribution in [0.5, 0.6) is 0 Å². The topological polar surface area (TPSA) is 17.8 Å². The largest absolute Gasteiger partial charge is 0.326 e. The first-order valence-corrected chi connectivity index (χ1v) is 7.43. The van der Waals surface area contributed by atoms with E-state index in [0.29, 0.717) is 5.41 Å². The van der Waals surface area contributed by atoms with Gasteiger partial charge in [0.25, 0.3) is 0 Å². The molecule has 0 saturated heterocycles. The summed E-state index contributed by atoms with van der Waals surface area (Å²) in [6.07, 6.45) is 1.30. The summed E-state index contributed by atoms with van der Waals surface area (Å²) < 4.78 is 2.35. The molecule has 2 unspecified atom stereocenters. The molecule has 1 aromatic carbocycles. The van der Waals surface area contributed by atoms with Crippen molar-refractivity contribution in [3.63, 3.8) is 0 Å². The van der Waals surface area contributed by atoms with Crippen molar-refractivity contribution in [3.05, 3.63) is 29.6 Å². The number of hydrogen-bond acceptors (Lipinski definition) is 1. The third kappa shape index (κ3) is 2.16. The molecule has 2 nitrogen and oxygen atoms in total. The van der Waals surface area contributed by atoms with E-state index in [1.807, 2.05) is 6.92 Å². The van der Waals surface area contributed by atoms with Crippen molar-refractivity contribution in [2.24, 2.45) is 11.3 Å². The lowest BCUT2D eigenvalue weighted by Gasteiger charge is -2.12. The smallest absolute Gasteiger partial charge is 0.127 e. The van der Waals surface area contributed by atoms with Crippen LogP contribution in [0.15, 0.2) is 18.2 Å². The maximum atomic E-state index is 6.32. The number of halogens is 1. The van der Waals surface area contributed by atoms with Crippen LogP contribution in [0.25, 0.3) is 11.0 Å².